The summed E-state index contributed by atoms with van der Waals surface area (Å²) < 4.78 is 36.5. The molecule has 160 valence electrons. The van der Waals surface area contributed by atoms with E-state index in [1.165, 1.54) is 12.3 Å². The summed E-state index contributed by atoms with van der Waals surface area (Å²) in [5, 5.41) is 12.5. The third kappa shape index (κ3) is 3.52. The van der Waals surface area contributed by atoms with E-state index in [2.05, 4.69) is 26.3 Å². The molecule has 0 spiro atoms. The van der Waals surface area contributed by atoms with Gasteiger partial charge in [-0.05, 0) is 25.5 Å². The summed E-state index contributed by atoms with van der Waals surface area (Å²) in [5.41, 5.74) is 1.64. The molecule has 2 aliphatic heterocycles. The Morgan fingerprint density at radius 2 is 2.19 bits per heavy atom. The minimum absolute atomic E-state index is 0.131. The third-order valence-electron chi connectivity index (χ3n) is 6.10. The molecule has 31 heavy (non-hydrogen) atoms. The smallest absolute Gasteiger partial charge is 0.207 e. The van der Waals surface area contributed by atoms with Gasteiger partial charge in [-0.1, -0.05) is 0 Å². The van der Waals surface area contributed by atoms with Gasteiger partial charge in [-0.15, -0.1) is 0 Å². The first kappa shape index (κ1) is 19.8. The van der Waals surface area contributed by atoms with E-state index in [4.69, 9.17) is 10.00 Å². The van der Waals surface area contributed by atoms with E-state index >= 15 is 0 Å². The Bertz CT molecular complexity index is 1160. The van der Waals surface area contributed by atoms with Crippen LogP contribution in [0.1, 0.15) is 30.6 Å². The number of hydrogen-bond donors (Lipinski definition) is 1. The number of nitrogens with one attached hydrogen (secondary N) is 1. The van der Waals surface area contributed by atoms with Crippen LogP contribution in [0.15, 0.2) is 30.5 Å². The maximum absolute atomic E-state index is 14.6. The average molecular weight is 424 g/mol. The van der Waals surface area contributed by atoms with E-state index in [9.17, 15) is 8.78 Å². The first-order valence-corrected chi connectivity index (χ1v) is 10.4. The lowest BCUT2D eigenvalue weighted by Gasteiger charge is -2.42. The summed E-state index contributed by atoms with van der Waals surface area (Å²) in [5.74, 6) is -0.772. The molecule has 1 aromatic carbocycles. The summed E-state index contributed by atoms with van der Waals surface area (Å²) >= 11 is 0. The van der Waals surface area contributed by atoms with Gasteiger partial charge in [0, 0.05) is 38.0 Å². The largest absolute Gasteiger partial charge is 0.375 e. The maximum atomic E-state index is 14.6. The maximum Gasteiger partial charge on any atom is 0.207 e. The normalized spacial score (nSPS) is 22.2. The molecule has 7 nitrogen and oxygen atoms in total. The van der Waals surface area contributed by atoms with Crippen LogP contribution in [0.4, 0.5) is 14.7 Å². The molecule has 2 fully saturated rings. The van der Waals surface area contributed by atoms with Gasteiger partial charge >= 0.3 is 0 Å². The average Bonchev–Trinajstić information content (AvgIpc) is 3.18. The number of pyridine rings is 1. The highest BCUT2D eigenvalue weighted by atomic mass is 19.1. The number of halogens is 2. The Morgan fingerprint density at radius 1 is 1.32 bits per heavy atom. The van der Waals surface area contributed by atoms with Crippen LogP contribution in [0.3, 0.4) is 0 Å². The van der Waals surface area contributed by atoms with Crippen LogP contribution in [-0.4, -0.2) is 52.9 Å². The molecule has 2 aliphatic rings. The quantitative estimate of drug-likeness (QED) is 0.697. The van der Waals surface area contributed by atoms with Gasteiger partial charge in [0.05, 0.1) is 41.6 Å². The fourth-order valence-corrected chi connectivity index (χ4v) is 4.53. The van der Waals surface area contributed by atoms with Crippen LogP contribution in [0, 0.1) is 23.0 Å². The second-order valence-electron chi connectivity index (χ2n) is 8.00. The fourth-order valence-electron chi connectivity index (χ4n) is 4.53. The molecule has 4 heterocycles. The van der Waals surface area contributed by atoms with Crippen LogP contribution in [0.2, 0.25) is 0 Å². The van der Waals surface area contributed by atoms with Crippen LogP contribution in [-0.2, 0) is 4.74 Å². The van der Waals surface area contributed by atoms with Crippen molar-refractivity contribution in [3.63, 3.8) is 0 Å². The summed E-state index contributed by atoms with van der Waals surface area (Å²) in [6.45, 7) is 4.76. The predicted octanol–water partition coefficient (Wildman–Crippen LogP) is 2.76. The molecule has 0 aliphatic carbocycles. The Balaban J connectivity index is 1.60. The number of hydrogen-bond acceptors (Lipinski definition) is 6. The molecule has 2 aromatic heterocycles. The standard InChI is InChI=1S/C22H22F2N6O/c1-13(17-3-2-14(10-25)11-27-17)30-19-9-15(23)8-16(24)21(19)28-22(30)29-6-4-20-18(12-29)26-5-7-31-20/h2-3,8-9,11,13,18,20,26H,4-7,12H2,1H3/t13?,18-,20-/m0/s1. The Labute approximate surface area is 178 Å². The number of anilines is 1. The number of morpholine rings is 1. The molecule has 3 atom stereocenters. The number of benzene rings is 1. The van der Waals surface area contributed by atoms with E-state index in [0.29, 0.717) is 42.4 Å². The van der Waals surface area contributed by atoms with Gasteiger partial charge in [-0.2, -0.15) is 5.26 Å². The van der Waals surface area contributed by atoms with E-state index in [0.717, 1.165) is 19.0 Å². The van der Waals surface area contributed by atoms with Crippen molar-refractivity contribution in [2.45, 2.75) is 31.5 Å². The summed E-state index contributed by atoms with van der Waals surface area (Å²) in [6, 6.07) is 7.48. The van der Waals surface area contributed by atoms with Crippen molar-refractivity contribution in [1.82, 2.24) is 19.9 Å². The monoisotopic (exact) mass is 424 g/mol. The molecular formula is C22H22F2N6O. The number of imidazole rings is 1. The van der Waals surface area contributed by atoms with Gasteiger partial charge in [0.15, 0.2) is 5.82 Å². The number of rotatable bonds is 3. The van der Waals surface area contributed by atoms with E-state index in [-0.39, 0.29) is 23.7 Å². The number of aromatic nitrogens is 3. The second-order valence-corrected chi connectivity index (χ2v) is 8.00. The zero-order valence-electron chi connectivity index (χ0n) is 17.1. The van der Waals surface area contributed by atoms with Crippen molar-refractivity contribution in [1.29, 1.82) is 5.26 Å². The lowest BCUT2D eigenvalue weighted by atomic mass is 10.0. The number of nitrogens with zero attached hydrogens (tertiary/aromatic N) is 5. The van der Waals surface area contributed by atoms with E-state index in [1.807, 2.05) is 11.5 Å². The first-order chi connectivity index (χ1) is 15.0. The lowest BCUT2D eigenvalue weighted by molar-refractivity contribution is -0.0137. The summed E-state index contributed by atoms with van der Waals surface area (Å²) in [7, 11) is 0. The van der Waals surface area contributed by atoms with Gasteiger partial charge in [0.25, 0.3) is 0 Å². The van der Waals surface area contributed by atoms with E-state index in [1.54, 1.807) is 12.1 Å². The van der Waals surface area contributed by atoms with Crippen molar-refractivity contribution in [2.24, 2.45) is 0 Å². The van der Waals surface area contributed by atoms with Gasteiger partial charge in [-0.3, -0.25) is 4.98 Å². The van der Waals surface area contributed by atoms with Gasteiger partial charge in [0.2, 0.25) is 5.95 Å². The number of piperidine rings is 1. The lowest BCUT2D eigenvalue weighted by Crippen LogP contribution is -2.58. The van der Waals surface area contributed by atoms with Crippen LogP contribution < -0.4 is 10.2 Å². The molecule has 1 unspecified atom stereocenters. The van der Waals surface area contributed by atoms with Crippen LogP contribution in [0.5, 0.6) is 0 Å². The molecule has 0 saturated carbocycles. The molecule has 0 bridgehead atoms. The Hall–Kier alpha value is -3.09. The third-order valence-corrected chi connectivity index (χ3v) is 6.10. The SMILES string of the molecule is CC(c1ccc(C#N)cn1)n1c(N2CC[C@@H]3OCCN[C@H]3C2)nc2c(F)cc(F)cc21. The topological polar surface area (TPSA) is 79.0 Å². The Morgan fingerprint density at radius 3 is 2.97 bits per heavy atom. The van der Waals surface area contributed by atoms with E-state index < -0.39 is 11.6 Å². The molecule has 9 heteroatoms. The van der Waals surface area contributed by atoms with Gasteiger partial charge < -0.3 is 19.5 Å². The van der Waals surface area contributed by atoms with Crippen molar-refractivity contribution in [3.8, 4) is 6.07 Å². The minimum Gasteiger partial charge on any atom is -0.375 e. The summed E-state index contributed by atoms with van der Waals surface area (Å²) in [4.78, 5) is 11.1. The highest BCUT2D eigenvalue weighted by Gasteiger charge is 2.35. The minimum atomic E-state index is -0.691. The van der Waals surface area contributed by atoms with Crippen LogP contribution >= 0.6 is 0 Å². The first-order valence-electron chi connectivity index (χ1n) is 10.4. The van der Waals surface area contributed by atoms with Crippen molar-refractivity contribution in [3.05, 3.63) is 53.4 Å². The molecule has 0 radical (unpaired) electrons. The van der Waals surface area contributed by atoms with Gasteiger partial charge in [0.1, 0.15) is 17.4 Å². The number of ether oxygens (including phenoxy) is 1. The number of fused-ring (bicyclic) bond motifs is 2. The highest BCUT2D eigenvalue weighted by Crippen LogP contribution is 2.33. The zero-order valence-corrected chi connectivity index (χ0v) is 17.1. The van der Waals surface area contributed by atoms with Crippen LogP contribution in [0.25, 0.3) is 11.0 Å². The summed E-state index contributed by atoms with van der Waals surface area (Å²) in [6.07, 6.45) is 2.47. The van der Waals surface area contributed by atoms with Crippen molar-refractivity contribution in [2.75, 3.05) is 31.1 Å². The second kappa shape index (κ2) is 7.87. The Kier molecular flexibility index (Phi) is 5.04. The molecule has 5 rings (SSSR count). The van der Waals surface area contributed by atoms with Gasteiger partial charge in [-0.25, -0.2) is 13.8 Å². The molecule has 3 aromatic rings. The fraction of sp³-hybridized carbons (Fsp3) is 0.409. The zero-order chi connectivity index (χ0) is 21.5. The highest BCUT2D eigenvalue weighted by molar-refractivity contribution is 5.80. The molecule has 1 N–H and O–H groups in total. The molecule has 2 saturated heterocycles. The molecular weight excluding hydrogens is 402 g/mol. The van der Waals surface area contributed by atoms with Crippen molar-refractivity contribution < 1.29 is 13.5 Å². The predicted molar refractivity (Wildman–Crippen MR) is 111 cm³/mol. The van der Waals surface area contributed by atoms with Crippen molar-refractivity contribution >= 4 is 17.0 Å². The number of nitriles is 1. The molecule has 0 amide bonds.